The largest absolute Gasteiger partial charge is 0.478 e. The Morgan fingerprint density at radius 2 is 2.00 bits per heavy atom. The van der Waals surface area contributed by atoms with Gasteiger partial charge in [0.25, 0.3) is 0 Å². The highest BCUT2D eigenvalue weighted by atomic mass is 16.4. The van der Waals surface area contributed by atoms with Crippen LogP contribution in [-0.2, 0) is 9.59 Å². The van der Waals surface area contributed by atoms with E-state index in [2.05, 4.69) is 4.90 Å². The molecular formula is C11H15NO3. The van der Waals surface area contributed by atoms with Crippen LogP contribution in [-0.4, -0.2) is 41.4 Å². The van der Waals surface area contributed by atoms with Gasteiger partial charge in [0.05, 0.1) is 0 Å². The Balaban J connectivity index is 2.09. The summed E-state index contributed by atoms with van der Waals surface area (Å²) in [6.07, 6.45) is 5.03. The fraction of sp³-hybridized carbons (Fsp3) is 0.636. The number of carboxylic acid groups (broad SMARTS) is 1. The molecule has 2 atom stereocenters. The molecule has 2 saturated heterocycles. The summed E-state index contributed by atoms with van der Waals surface area (Å²) in [6, 6.07) is 0. The molecule has 4 nitrogen and oxygen atoms in total. The molecule has 2 aliphatic heterocycles. The van der Waals surface area contributed by atoms with Gasteiger partial charge in [-0.15, -0.1) is 0 Å². The van der Waals surface area contributed by atoms with E-state index >= 15 is 0 Å². The van der Waals surface area contributed by atoms with E-state index in [4.69, 9.17) is 5.11 Å². The molecule has 15 heavy (non-hydrogen) atoms. The van der Waals surface area contributed by atoms with Crippen molar-refractivity contribution < 1.29 is 14.7 Å². The maximum Gasteiger partial charge on any atom is 0.328 e. The first-order chi connectivity index (χ1) is 7.12. The van der Waals surface area contributed by atoms with Crippen molar-refractivity contribution in [1.82, 2.24) is 4.90 Å². The zero-order valence-electron chi connectivity index (χ0n) is 8.61. The van der Waals surface area contributed by atoms with Gasteiger partial charge in [-0.3, -0.25) is 4.79 Å². The van der Waals surface area contributed by atoms with Crippen LogP contribution < -0.4 is 0 Å². The lowest BCUT2D eigenvalue weighted by Gasteiger charge is -2.31. The highest BCUT2D eigenvalue weighted by Crippen LogP contribution is 2.40. The van der Waals surface area contributed by atoms with E-state index in [0.717, 1.165) is 45.0 Å². The highest BCUT2D eigenvalue weighted by Gasteiger charge is 2.45. The van der Waals surface area contributed by atoms with Crippen LogP contribution in [0.5, 0.6) is 0 Å². The smallest absolute Gasteiger partial charge is 0.328 e. The molecule has 0 saturated carbocycles. The zero-order chi connectivity index (χ0) is 10.9. The molecule has 2 heterocycles. The normalized spacial score (nSPS) is 34.5. The van der Waals surface area contributed by atoms with E-state index in [-0.39, 0.29) is 11.2 Å². The Hall–Kier alpha value is -1.16. The van der Waals surface area contributed by atoms with Gasteiger partial charge in [-0.05, 0) is 38.4 Å². The molecule has 82 valence electrons. The number of nitrogens with zero attached hydrogens (tertiary/aromatic N) is 1. The molecule has 2 bridgehead atoms. The molecule has 2 unspecified atom stereocenters. The van der Waals surface area contributed by atoms with Crippen molar-refractivity contribution in [2.45, 2.75) is 19.3 Å². The van der Waals surface area contributed by atoms with Crippen LogP contribution in [0.3, 0.4) is 0 Å². The van der Waals surface area contributed by atoms with E-state index < -0.39 is 5.97 Å². The molecule has 0 aromatic heterocycles. The van der Waals surface area contributed by atoms with Crippen molar-refractivity contribution in [2.75, 3.05) is 19.6 Å². The second kappa shape index (κ2) is 3.77. The SMILES string of the molecule is O=C(O)/C=C/C(=O)C12CCCN(CC1)C2. The Bertz CT molecular complexity index is 320. The number of rotatable bonds is 3. The van der Waals surface area contributed by atoms with Crippen LogP contribution in [0.4, 0.5) is 0 Å². The molecule has 0 spiro atoms. The first-order valence-electron chi connectivity index (χ1n) is 5.30. The van der Waals surface area contributed by atoms with Crippen molar-refractivity contribution in [2.24, 2.45) is 5.41 Å². The quantitative estimate of drug-likeness (QED) is 0.694. The molecule has 4 heteroatoms. The third-order valence-corrected chi connectivity index (χ3v) is 3.46. The standard InChI is InChI=1S/C11H15NO3/c13-9(2-3-10(14)15)11-4-1-6-12(8-11)7-5-11/h2-3H,1,4-8H2,(H,14,15)/b3-2+. The third kappa shape index (κ3) is 1.95. The first-order valence-corrected chi connectivity index (χ1v) is 5.30. The van der Waals surface area contributed by atoms with E-state index in [1.165, 1.54) is 6.08 Å². The van der Waals surface area contributed by atoms with Gasteiger partial charge in [0, 0.05) is 18.0 Å². The lowest BCUT2D eigenvalue weighted by molar-refractivity contribution is -0.132. The number of allylic oxidation sites excluding steroid dienone is 1. The van der Waals surface area contributed by atoms with Gasteiger partial charge in [0.15, 0.2) is 5.78 Å². The number of carboxylic acids is 1. The predicted octanol–water partition coefficient (Wildman–Crippen LogP) is 0.682. The molecule has 0 aromatic rings. The van der Waals surface area contributed by atoms with Gasteiger partial charge >= 0.3 is 5.97 Å². The molecule has 0 aliphatic carbocycles. The van der Waals surface area contributed by atoms with Gasteiger partial charge < -0.3 is 10.0 Å². The first kappa shape index (κ1) is 10.4. The Labute approximate surface area is 88.6 Å². The summed E-state index contributed by atoms with van der Waals surface area (Å²) in [5.74, 6) is -1.06. The molecule has 0 radical (unpaired) electrons. The van der Waals surface area contributed by atoms with Gasteiger partial charge in [-0.1, -0.05) is 0 Å². The third-order valence-electron chi connectivity index (χ3n) is 3.46. The van der Waals surface area contributed by atoms with E-state index in [9.17, 15) is 9.59 Å². The minimum absolute atomic E-state index is 0.00731. The summed E-state index contributed by atoms with van der Waals surface area (Å²) in [7, 11) is 0. The van der Waals surface area contributed by atoms with Crippen LogP contribution >= 0.6 is 0 Å². The van der Waals surface area contributed by atoms with E-state index in [0.29, 0.717) is 0 Å². The minimum Gasteiger partial charge on any atom is -0.478 e. The maximum absolute atomic E-state index is 11.9. The van der Waals surface area contributed by atoms with E-state index in [1.807, 2.05) is 0 Å². The van der Waals surface area contributed by atoms with Crippen LogP contribution in [0, 0.1) is 5.41 Å². The van der Waals surface area contributed by atoms with Crippen LogP contribution in [0.2, 0.25) is 0 Å². The number of fused-ring (bicyclic) bond motifs is 2. The second-order valence-corrected chi connectivity index (χ2v) is 4.45. The number of carbonyl (C=O) groups excluding carboxylic acids is 1. The fourth-order valence-electron chi connectivity index (χ4n) is 2.64. The van der Waals surface area contributed by atoms with Crippen molar-refractivity contribution in [3.63, 3.8) is 0 Å². The van der Waals surface area contributed by atoms with Crippen LogP contribution in [0.15, 0.2) is 12.2 Å². The van der Waals surface area contributed by atoms with Gasteiger partial charge in [-0.25, -0.2) is 4.79 Å². The zero-order valence-corrected chi connectivity index (χ0v) is 8.61. The molecular weight excluding hydrogens is 194 g/mol. The molecule has 0 aromatic carbocycles. The van der Waals surface area contributed by atoms with Gasteiger partial charge in [0.1, 0.15) is 0 Å². The summed E-state index contributed by atoms with van der Waals surface area (Å²) in [5, 5.41) is 8.48. The second-order valence-electron chi connectivity index (χ2n) is 4.45. The molecule has 2 aliphatic rings. The average molecular weight is 209 g/mol. The molecule has 2 fully saturated rings. The van der Waals surface area contributed by atoms with Crippen molar-refractivity contribution in [3.8, 4) is 0 Å². The maximum atomic E-state index is 11.9. The Morgan fingerprint density at radius 3 is 2.73 bits per heavy atom. The predicted molar refractivity (Wildman–Crippen MR) is 54.5 cm³/mol. The van der Waals surface area contributed by atoms with E-state index in [1.54, 1.807) is 0 Å². The highest BCUT2D eigenvalue weighted by molar-refractivity contribution is 5.99. The van der Waals surface area contributed by atoms with Crippen molar-refractivity contribution in [1.29, 1.82) is 0 Å². The van der Waals surface area contributed by atoms with Crippen LogP contribution in [0.25, 0.3) is 0 Å². The van der Waals surface area contributed by atoms with Crippen molar-refractivity contribution in [3.05, 3.63) is 12.2 Å². The summed E-state index contributed by atoms with van der Waals surface area (Å²) < 4.78 is 0. The minimum atomic E-state index is -1.05. The number of piperidine rings is 1. The van der Waals surface area contributed by atoms with Gasteiger partial charge in [-0.2, -0.15) is 0 Å². The summed E-state index contributed by atoms with van der Waals surface area (Å²) >= 11 is 0. The molecule has 0 amide bonds. The summed E-state index contributed by atoms with van der Waals surface area (Å²) in [6.45, 7) is 2.88. The molecule has 2 rings (SSSR count). The van der Waals surface area contributed by atoms with Crippen LogP contribution in [0.1, 0.15) is 19.3 Å². The number of hydrogen-bond donors (Lipinski definition) is 1. The number of carbonyl (C=O) groups is 2. The number of hydrogen-bond acceptors (Lipinski definition) is 3. The lowest BCUT2D eigenvalue weighted by Crippen LogP contribution is -2.38. The lowest BCUT2D eigenvalue weighted by atomic mass is 9.77. The summed E-state index contributed by atoms with van der Waals surface area (Å²) in [5.41, 5.74) is -0.274. The van der Waals surface area contributed by atoms with Gasteiger partial charge in [0.2, 0.25) is 0 Å². The van der Waals surface area contributed by atoms with Crippen molar-refractivity contribution >= 4 is 11.8 Å². The monoisotopic (exact) mass is 209 g/mol. The Kier molecular flexibility index (Phi) is 2.61. The fourth-order valence-corrected chi connectivity index (χ4v) is 2.64. The number of ketones is 1. The molecule has 1 N–H and O–H groups in total. The average Bonchev–Trinajstić information content (AvgIpc) is 2.52. The summed E-state index contributed by atoms with van der Waals surface area (Å²) in [4.78, 5) is 24.5. The topological polar surface area (TPSA) is 57.6 Å². The number of aliphatic carboxylic acids is 1. The Morgan fingerprint density at radius 1 is 1.20 bits per heavy atom.